The molecule has 3 aromatic rings. The highest BCUT2D eigenvalue weighted by Gasteiger charge is 2.08. The third kappa shape index (κ3) is 6.62. The number of nitrogens with zero attached hydrogens (tertiary/aromatic N) is 3. The van der Waals surface area contributed by atoms with Crippen molar-refractivity contribution in [2.75, 3.05) is 5.75 Å². The van der Waals surface area contributed by atoms with E-state index < -0.39 is 0 Å². The van der Waals surface area contributed by atoms with Gasteiger partial charge in [-0.15, -0.1) is 10.2 Å². The van der Waals surface area contributed by atoms with E-state index in [1.165, 1.54) is 34.9 Å². The quantitative estimate of drug-likeness (QED) is 0.271. The molecule has 1 heterocycles. The second-order valence-electron chi connectivity index (χ2n) is 5.39. The summed E-state index contributed by atoms with van der Waals surface area (Å²) in [4.78, 5) is 11.9. The van der Waals surface area contributed by atoms with E-state index in [9.17, 15) is 9.90 Å². The molecule has 0 aliphatic rings. The Bertz CT molecular complexity index is 966. The van der Waals surface area contributed by atoms with Gasteiger partial charge in [-0.05, 0) is 23.8 Å². The van der Waals surface area contributed by atoms with E-state index in [1.807, 2.05) is 18.2 Å². The third-order valence-electron chi connectivity index (χ3n) is 3.30. The summed E-state index contributed by atoms with van der Waals surface area (Å²) in [5.74, 6) is 0.840. The van der Waals surface area contributed by atoms with Crippen molar-refractivity contribution in [3.05, 3.63) is 64.1 Å². The van der Waals surface area contributed by atoms with Crippen LogP contribution in [-0.4, -0.2) is 33.2 Å². The summed E-state index contributed by atoms with van der Waals surface area (Å²) in [5.41, 5.74) is 4.17. The molecule has 0 unspecified atom stereocenters. The Balaban J connectivity index is 1.43. The molecule has 1 aromatic heterocycles. The number of carbonyl (C=O) groups is 1. The van der Waals surface area contributed by atoms with E-state index in [0.717, 1.165) is 18.9 Å². The van der Waals surface area contributed by atoms with Gasteiger partial charge in [-0.25, -0.2) is 5.43 Å². The molecule has 28 heavy (non-hydrogen) atoms. The summed E-state index contributed by atoms with van der Waals surface area (Å²) in [6.07, 6.45) is 1.39. The van der Waals surface area contributed by atoms with Crippen LogP contribution in [0.15, 0.2) is 66.8 Å². The molecule has 2 N–H and O–H groups in total. The number of hydrogen-bond acceptors (Lipinski definition) is 8. The zero-order chi connectivity index (χ0) is 19.8. The number of hydrazone groups is 1. The molecule has 10 heteroatoms. The molecule has 0 saturated carbocycles. The van der Waals surface area contributed by atoms with Crippen molar-refractivity contribution < 1.29 is 9.90 Å². The first-order chi connectivity index (χ1) is 13.6. The molecule has 0 spiro atoms. The number of nitrogens with one attached hydrogen (secondary N) is 1. The monoisotopic (exact) mass is 494 g/mol. The van der Waals surface area contributed by atoms with Crippen LogP contribution >= 0.6 is 50.8 Å². The van der Waals surface area contributed by atoms with E-state index >= 15 is 0 Å². The predicted molar refractivity (Wildman–Crippen MR) is 118 cm³/mol. The van der Waals surface area contributed by atoms with Crippen LogP contribution < -0.4 is 5.43 Å². The summed E-state index contributed by atoms with van der Waals surface area (Å²) in [7, 11) is 0. The maximum Gasteiger partial charge on any atom is 0.250 e. The summed E-state index contributed by atoms with van der Waals surface area (Å²) >= 11 is 7.72. The molecule has 6 nitrogen and oxygen atoms in total. The lowest BCUT2D eigenvalue weighted by Gasteiger charge is -2.00. The normalized spacial score (nSPS) is 11.0. The molecule has 144 valence electrons. The van der Waals surface area contributed by atoms with Gasteiger partial charge in [-0.2, -0.15) is 5.10 Å². The Labute approximate surface area is 183 Å². The van der Waals surface area contributed by atoms with Crippen molar-refractivity contribution in [3.8, 4) is 5.75 Å². The number of carbonyl (C=O) groups excluding carboxylic acids is 1. The van der Waals surface area contributed by atoms with E-state index in [4.69, 9.17) is 0 Å². The fraction of sp³-hybridized carbons (Fsp3) is 0.111. The Kier molecular flexibility index (Phi) is 7.90. The molecule has 3 rings (SSSR count). The minimum atomic E-state index is -0.260. The van der Waals surface area contributed by atoms with Crippen LogP contribution in [0.5, 0.6) is 5.75 Å². The highest BCUT2D eigenvalue weighted by molar-refractivity contribution is 9.10. The first-order valence-electron chi connectivity index (χ1n) is 8.03. The average molecular weight is 495 g/mol. The predicted octanol–water partition coefficient (Wildman–Crippen LogP) is 4.54. The average Bonchev–Trinajstić information content (AvgIpc) is 3.16. The van der Waals surface area contributed by atoms with Crippen LogP contribution in [0.3, 0.4) is 0 Å². The fourth-order valence-electron chi connectivity index (χ4n) is 2.00. The second-order valence-corrected chi connectivity index (χ2v) is 9.73. The SMILES string of the molecule is O=C(CSc1nnc(SCc2ccccc2)s1)N/N=C/c1cc(Br)ccc1O. The number of amides is 1. The highest BCUT2D eigenvalue weighted by Crippen LogP contribution is 2.30. The molecule has 0 aliphatic carbocycles. The van der Waals surface area contributed by atoms with Gasteiger partial charge in [0.2, 0.25) is 0 Å². The van der Waals surface area contributed by atoms with Crippen LogP contribution in [0.4, 0.5) is 0 Å². The number of aromatic nitrogens is 2. The molecule has 0 saturated heterocycles. The van der Waals surface area contributed by atoms with Crippen molar-refractivity contribution in [3.63, 3.8) is 0 Å². The highest BCUT2D eigenvalue weighted by atomic mass is 79.9. The second kappa shape index (κ2) is 10.6. The minimum Gasteiger partial charge on any atom is -0.507 e. The van der Waals surface area contributed by atoms with Gasteiger partial charge in [0.05, 0.1) is 12.0 Å². The first-order valence-corrected chi connectivity index (χ1v) is 11.6. The molecule has 2 aromatic carbocycles. The van der Waals surface area contributed by atoms with Crippen molar-refractivity contribution >= 4 is 62.9 Å². The number of aromatic hydroxyl groups is 1. The lowest BCUT2D eigenvalue weighted by atomic mass is 10.2. The zero-order valence-corrected chi connectivity index (χ0v) is 18.4. The van der Waals surface area contributed by atoms with Crippen LogP contribution in [0.25, 0.3) is 0 Å². The summed E-state index contributed by atoms with van der Waals surface area (Å²) < 4.78 is 2.42. The van der Waals surface area contributed by atoms with Gasteiger partial charge < -0.3 is 5.11 Å². The maximum absolute atomic E-state index is 11.9. The summed E-state index contributed by atoms with van der Waals surface area (Å²) in [6, 6.07) is 15.1. The maximum atomic E-state index is 11.9. The van der Waals surface area contributed by atoms with Gasteiger partial charge in [-0.3, -0.25) is 4.79 Å². The molecule has 0 fully saturated rings. The Morgan fingerprint density at radius 2 is 1.93 bits per heavy atom. The number of hydrogen-bond donors (Lipinski definition) is 2. The van der Waals surface area contributed by atoms with Crippen LogP contribution in [0.1, 0.15) is 11.1 Å². The molecule has 0 aliphatic heterocycles. The molecule has 0 radical (unpaired) electrons. The van der Waals surface area contributed by atoms with Crippen molar-refractivity contribution in [2.45, 2.75) is 14.4 Å². The van der Waals surface area contributed by atoms with Crippen molar-refractivity contribution in [1.82, 2.24) is 15.6 Å². The number of halogens is 1. The first kappa shape index (κ1) is 20.8. The van der Waals surface area contributed by atoms with Crippen molar-refractivity contribution in [2.24, 2.45) is 5.10 Å². The molecule has 1 amide bonds. The summed E-state index contributed by atoms with van der Waals surface area (Å²) in [5, 5.41) is 21.8. The van der Waals surface area contributed by atoms with Gasteiger partial charge in [0.1, 0.15) is 5.75 Å². The number of phenols is 1. The molecular formula is C18H15BrN4O2S3. The lowest BCUT2D eigenvalue weighted by molar-refractivity contribution is -0.118. The molecule has 0 bridgehead atoms. The number of thioether (sulfide) groups is 2. The van der Waals surface area contributed by atoms with Gasteiger partial charge >= 0.3 is 0 Å². The zero-order valence-electron chi connectivity index (χ0n) is 14.4. The van der Waals surface area contributed by atoms with Gasteiger partial charge in [-0.1, -0.05) is 81.1 Å². The standard InChI is InChI=1S/C18H15BrN4O2S3/c19-14-6-7-15(24)13(8-14)9-20-21-16(25)11-27-18-23-22-17(28-18)26-10-12-4-2-1-3-5-12/h1-9,24H,10-11H2,(H,21,25)/b20-9+. The lowest BCUT2D eigenvalue weighted by Crippen LogP contribution is -2.19. The largest absolute Gasteiger partial charge is 0.507 e. The number of benzene rings is 2. The molecular weight excluding hydrogens is 480 g/mol. The van der Waals surface area contributed by atoms with Crippen LogP contribution in [0, 0.1) is 0 Å². The van der Waals surface area contributed by atoms with Crippen LogP contribution in [0.2, 0.25) is 0 Å². The third-order valence-corrected chi connectivity index (χ3v) is 7.06. The van der Waals surface area contributed by atoms with Gasteiger partial charge in [0, 0.05) is 15.8 Å². The van der Waals surface area contributed by atoms with Gasteiger partial charge in [0.15, 0.2) is 8.68 Å². The van der Waals surface area contributed by atoms with E-state index in [0.29, 0.717) is 5.56 Å². The topological polar surface area (TPSA) is 87.5 Å². The van der Waals surface area contributed by atoms with E-state index in [1.54, 1.807) is 30.0 Å². The Morgan fingerprint density at radius 3 is 2.71 bits per heavy atom. The van der Waals surface area contributed by atoms with Crippen molar-refractivity contribution in [1.29, 1.82) is 0 Å². The Hall–Kier alpha value is -1.88. The number of phenolic OH excluding ortho intramolecular Hbond substituents is 1. The van der Waals surface area contributed by atoms with E-state index in [-0.39, 0.29) is 17.4 Å². The summed E-state index contributed by atoms with van der Waals surface area (Å²) in [6.45, 7) is 0. The fourth-order valence-corrected chi connectivity index (χ4v) is 5.14. The smallest absolute Gasteiger partial charge is 0.250 e. The van der Waals surface area contributed by atoms with Crippen LogP contribution in [-0.2, 0) is 10.5 Å². The Morgan fingerprint density at radius 1 is 1.18 bits per heavy atom. The van der Waals surface area contributed by atoms with E-state index in [2.05, 4.69) is 48.8 Å². The van der Waals surface area contributed by atoms with Gasteiger partial charge in [0.25, 0.3) is 5.91 Å². The molecule has 0 atom stereocenters. The number of rotatable bonds is 8. The minimum absolute atomic E-state index is 0.0879.